The molecule has 0 aliphatic heterocycles. The van der Waals surface area contributed by atoms with Gasteiger partial charge in [0.1, 0.15) is 33.5 Å². The van der Waals surface area contributed by atoms with E-state index < -0.39 is 5.41 Å². The van der Waals surface area contributed by atoms with Crippen molar-refractivity contribution >= 4 is 88.5 Å². The van der Waals surface area contributed by atoms with Crippen LogP contribution in [-0.4, -0.2) is 0 Å². The molecule has 16 aromatic rings. The van der Waals surface area contributed by atoms with E-state index in [9.17, 15) is 0 Å². The summed E-state index contributed by atoms with van der Waals surface area (Å²) in [6.45, 7) is 24.3. The number of para-hydroxylation sites is 3. The van der Waals surface area contributed by atoms with E-state index >= 15 is 0 Å². The Balaban J connectivity index is 0.611. The lowest BCUT2D eigenvalue weighted by Crippen LogP contribution is -2.25. The second-order valence-electron chi connectivity index (χ2n) is 36.8. The molecule has 3 heterocycles. The predicted molar refractivity (Wildman–Crippen MR) is 482 cm³/mol. The monoisotopic (exact) mass is 1490 g/mol. The molecule has 0 bridgehead atoms. The SMILES string of the molecule is CCCCCCCC1(CCCCCCC)c2ccccc2-c2ccc(-c3ccc4c(c3)C(C)(C)C3C=C(c5ccc(-c6cc7c(c8c6oc6ccccc68)-c6ccc(N(c8ccc9c(c8)C(C)(C)c8c%10c(c%11oc%12ccccc%12c%11c8-9)-c8ccccc8C%10(C)C)c8ccc9oc%10ccccc%10c9c8)cc6C7(C)C)cc5)C=CC43)cc21. The van der Waals surface area contributed by atoms with Crippen LogP contribution in [0.25, 0.3) is 138 Å². The van der Waals surface area contributed by atoms with Crippen molar-refractivity contribution in [1.29, 1.82) is 0 Å². The number of allylic oxidation sites excluding steroid dienone is 4. The Kier molecular flexibility index (Phi) is 15.7. The minimum atomic E-state index is -0.413. The molecule has 566 valence electrons. The van der Waals surface area contributed by atoms with E-state index in [4.69, 9.17) is 13.3 Å². The first kappa shape index (κ1) is 70.2. The van der Waals surface area contributed by atoms with E-state index in [-0.39, 0.29) is 21.7 Å². The highest BCUT2D eigenvalue weighted by Crippen LogP contribution is 2.66. The number of hydrogen-bond acceptors (Lipinski definition) is 4. The fourth-order valence-corrected chi connectivity index (χ4v) is 23.2. The number of rotatable bonds is 18. The Morgan fingerprint density at radius 1 is 0.330 bits per heavy atom. The average molecular weight is 1500 g/mol. The molecule has 0 fully saturated rings. The topological polar surface area (TPSA) is 42.7 Å². The molecule has 0 spiro atoms. The molecule has 4 heteroatoms. The molecule has 4 nitrogen and oxygen atoms in total. The number of nitrogens with zero attached hydrogens (tertiary/aromatic N) is 1. The van der Waals surface area contributed by atoms with Crippen LogP contribution >= 0.6 is 0 Å². The molecule has 0 N–H and O–H groups in total. The summed E-state index contributed by atoms with van der Waals surface area (Å²) in [4.78, 5) is 2.51. The fourth-order valence-electron chi connectivity index (χ4n) is 23.2. The number of unbranched alkanes of at least 4 members (excludes halogenated alkanes) is 8. The van der Waals surface area contributed by atoms with Gasteiger partial charge in [-0.1, -0.05) is 322 Å². The van der Waals surface area contributed by atoms with Crippen molar-refractivity contribution in [2.24, 2.45) is 5.92 Å². The summed E-state index contributed by atoms with van der Waals surface area (Å²) < 4.78 is 20.9. The van der Waals surface area contributed by atoms with Gasteiger partial charge in [-0.3, -0.25) is 0 Å². The van der Waals surface area contributed by atoms with Crippen molar-refractivity contribution in [2.75, 3.05) is 4.90 Å². The third-order valence-electron chi connectivity index (χ3n) is 29.0. The Hall–Kier alpha value is -11.5. The summed E-state index contributed by atoms with van der Waals surface area (Å²) in [5.74, 6) is 0.622. The second kappa shape index (κ2) is 25.8. The molecule has 6 aliphatic carbocycles. The smallest absolute Gasteiger partial charge is 0.144 e. The van der Waals surface area contributed by atoms with Crippen LogP contribution in [0, 0.1) is 5.92 Å². The maximum Gasteiger partial charge on any atom is 0.144 e. The van der Waals surface area contributed by atoms with Crippen LogP contribution in [0.2, 0.25) is 0 Å². The standard InChI is InChI=1S/C111H99NO3/c1-11-13-15-17-29-57-111(58-30-18-16-14-12-2)87-37-25-19-31-74(87)77-53-47-70(61-92(77)111)69-46-52-76-75-51-45-68(59-88(75)107(3,4)89(76)60-69)66-41-43-67(44-42-66)84-65-93-98(100-82-34-22-27-39-95(82)114-105(84)100)80-54-48-72(63-90(80)108(93,5)6)112(71-50-56-97-85(62-71)78-32-21-26-38-94(78)113-97)73-49-55-81-91(64-73)110(9,10)103-99(81)101-83-35-23-28-40-96(83)115-106(101)102-79-33-20-24-36-86(79)109(7,8)104(102)103/h19-28,31-56,59-65,75,88H,11-18,29-30,57-58H2,1-10H3. The molecule has 2 atom stereocenters. The Morgan fingerprint density at radius 2 is 0.826 bits per heavy atom. The maximum atomic E-state index is 7.18. The van der Waals surface area contributed by atoms with E-state index in [0.717, 1.165) is 83.2 Å². The molecule has 2 unspecified atom stereocenters. The molecule has 3 aromatic heterocycles. The van der Waals surface area contributed by atoms with Gasteiger partial charge in [-0.15, -0.1) is 0 Å². The molecule has 0 radical (unpaired) electrons. The first-order valence-corrected chi connectivity index (χ1v) is 43.0. The van der Waals surface area contributed by atoms with Crippen molar-refractivity contribution in [2.45, 2.75) is 179 Å². The minimum Gasteiger partial charge on any atom is -0.456 e. The van der Waals surface area contributed by atoms with Gasteiger partial charge in [-0.25, -0.2) is 0 Å². The van der Waals surface area contributed by atoms with Crippen molar-refractivity contribution in [1.82, 2.24) is 0 Å². The van der Waals surface area contributed by atoms with Crippen LogP contribution in [0.1, 0.15) is 213 Å². The highest BCUT2D eigenvalue weighted by molar-refractivity contribution is 6.22. The van der Waals surface area contributed by atoms with Gasteiger partial charge < -0.3 is 18.2 Å². The van der Waals surface area contributed by atoms with E-state index in [2.05, 4.69) is 335 Å². The summed E-state index contributed by atoms with van der Waals surface area (Å²) >= 11 is 0. The van der Waals surface area contributed by atoms with E-state index in [1.165, 1.54) is 199 Å². The predicted octanol–water partition coefficient (Wildman–Crippen LogP) is 31.7. The van der Waals surface area contributed by atoms with Gasteiger partial charge in [-0.05, 0) is 219 Å². The van der Waals surface area contributed by atoms with Crippen molar-refractivity contribution in [3.05, 3.63) is 322 Å². The van der Waals surface area contributed by atoms with Crippen molar-refractivity contribution < 1.29 is 13.3 Å². The van der Waals surface area contributed by atoms with Gasteiger partial charge >= 0.3 is 0 Å². The summed E-state index contributed by atoms with van der Waals surface area (Å²) in [6, 6.07) is 92.6. The maximum absolute atomic E-state index is 7.18. The molecular formula is C111H99NO3. The molecule has 0 amide bonds. The molecule has 0 saturated carbocycles. The molecule has 0 saturated heterocycles. The van der Waals surface area contributed by atoms with Crippen LogP contribution < -0.4 is 4.90 Å². The quantitative estimate of drug-likeness (QED) is 0.0803. The molecule has 6 aliphatic rings. The van der Waals surface area contributed by atoms with Gasteiger partial charge in [0, 0.05) is 88.1 Å². The Morgan fingerprint density at radius 3 is 1.52 bits per heavy atom. The Labute approximate surface area is 676 Å². The third-order valence-corrected chi connectivity index (χ3v) is 29.0. The third kappa shape index (κ3) is 10.2. The average Bonchev–Trinajstić information content (AvgIpc) is 1.50. The summed E-state index contributed by atoms with van der Waals surface area (Å²) in [7, 11) is 0. The molecule has 13 aromatic carbocycles. The van der Waals surface area contributed by atoms with Gasteiger partial charge in [0.2, 0.25) is 0 Å². The molecular weight excluding hydrogens is 1400 g/mol. The number of anilines is 3. The number of hydrogen-bond donors (Lipinski definition) is 0. The van der Waals surface area contributed by atoms with E-state index in [1.807, 2.05) is 0 Å². The normalized spacial score (nSPS) is 17.4. The first-order chi connectivity index (χ1) is 56.0. The van der Waals surface area contributed by atoms with Crippen molar-refractivity contribution in [3.8, 4) is 66.8 Å². The van der Waals surface area contributed by atoms with Gasteiger partial charge in [0.15, 0.2) is 0 Å². The minimum absolute atomic E-state index is 0.0477. The van der Waals surface area contributed by atoms with Crippen LogP contribution in [0.15, 0.2) is 274 Å². The van der Waals surface area contributed by atoms with Crippen LogP contribution in [0.4, 0.5) is 17.1 Å². The number of furan rings is 3. The Bertz CT molecular complexity index is 6830. The molecule has 115 heavy (non-hydrogen) atoms. The highest BCUT2D eigenvalue weighted by Gasteiger charge is 2.51. The zero-order valence-corrected chi connectivity index (χ0v) is 68.1. The summed E-state index contributed by atoms with van der Waals surface area (Å²) in [5.41, 5.74) is 39.6. The van der Waals surface area contributed by atoms with Crippen LogP contribution in [0.5, 0.6) is 0 Å². The zero-order valence-electron chi connectivity index (χ0n) is 68.1. The molecule has 22 rings (SSSR count). The van der Waals surface area contributed by atoms with Crippen LogP contribution in [0.3, 0.4) is 0 Å². The van der Waals surface area contributed by atoms with Gasteiger partial charge in [-0.2, -0.15) is 0 Å². The van der Waals surface area contributed by atoms with Gasteiger partial charge in [0.25, 0.3) is 0 Å². The van der Waals surface area contributed by atoms with Gasteiger partial charge in [0.05, 0.1) is 0 Å². The zero-order chi connectivity index (χ0) is 77.8. The highest BCUT2D eigenvalue weighted by atomic mass is 16.3. The lowest BCUT2D eigenvalue weighted by atomic mass is 9.70. The van der Waals surface area contributed by atoms with E-state index in [1.54, 1.807) is 11.1 Å². The number of benzene rings is 13. The number of fused-ring (bicyclic) bond motifs is 28. The fraction of sp³-hybridized carbons (Fsp3) is 0.261. The van der Waals surface area contributed by atoms with E-state index in [0.29, 0.717) is 11.8 Å². The summed E-state index contributed by atoms with van der Waals surface area (Å²) in [5, 5.41) is 6.86. The lowest BCUT2D eigenvalue weighted by Gasteiger charge is -2.33. The van der Waals surface area contributed by atoms with Crippen molar-refractivity contribution in [3.63, 3.8) is 0 Å². The largest absolute Gasteiger partial charge is 0.456 e. The second-order valence-corrected chi connectivity index (χ2v) is 36.8. The summed E-state index contributed by atoms with van der Waals surface area (Å²) in [6.07, 6.45) is 23.0. The lowest BCUT2D eigenvalue weighted by molar-refractivity contribution is 0.395. The van der Waals surface area contributed by atoms with Crippen LogP contribution in [-0.2, 0) is 27.1 Å². The first-order valence-electron chi connectivity index (χ1n) is 43.0.